The molecule has 0 bridgehead atoms. The molecular formula is C11H15S. The van der Waals surface area contributed by atoms with Gasteiger partial charge in [-0.2, -0.15) is 0 Å². The zero-order valence-corrected chi connectivity index (χ0v) is 8.53. The maximum Gasteiger partial charge on any atom is 0.0291 e. The van der Waals surface area contributed by atoms with Crippen LogP contribution >= 0.6 is 12.6 Å². The van der Waals surface area contributed by atoms with Gasteiger partial charge in [-0.05, 0) is 23.5 Å². The molecule has 0 amide bonds. The minimum Gasteiger partial charge on any atom is -0.0890 e. The smallest absolute Gasteiger partial charge is 0.0291 e. The number of hydrogen-bond acceptors (Lipinski definition) is 0. The highest BCUT2D eigenvalue weighted by Gasteiger charge is 2.06. The van der Waals surface area contributed by atoms with Crippen molar-refractivity contribution in [2.75, 3.05) is 0 Å². The van der Waals surface area contributed by atoms with Crippen LogP contribution in [0, 0.1) is 0 Å². The molecule has 0 saturated carbocycles. The second kappa shape index (κ2) is 4.56. The Labute approximate surface area is 80.4 Å². The van der Waals surface area contributed by atoms with Crippen molar-refractivity contribution < 1.29 is 0 Å². The third kappa shape index (κ3) is 2.04. The summed E-state index contributed by atoms with van der Waals surface area (Å²) in [4.78, 5) is 0. The second-order valence-electron chi connectivity index (χ2n) is 3.15. The van der Waals surface area contributed by atoms with E-state index in [0.29, 0.717) is 5.92 Å². The Kier molecular flexibility index (Phi) is 3.67. The van der Waals surface area contributed by atoms with Gasteiger partial charge in [0.1, 0.15) is 0 Å². The van der Waals surface area contributed by atoms with Gasteiger partial charge < -0.3 is 0 Å². The van der Waals surface area contributed by atoms with Gasteiger partial charge in [0, 0.05) is 5.75 Å². The van der Waals surface area contributed by atoms with Gasteiger partial charge >= 0.3 is 0 Å². The molecule has 0 heterocycles. The Balaban J connectivity index is 2.96. The van der Waals surface area contributed by atoms with E-state index in [1.165, 1.54) is 17.5 Å². The van der Waals surface area contributed by atoms with Crippen molar-refractivity contribution in [2.24, 2.45) is 0 Å². The summed E-state index contributed by atoms with van der Waals surface area (Å²) in [7, 11) is 0. The molecule has 0 saturated heterocycles. The average Bonchev–Trinajstić information content (AvgIpc) is 2.16. The average molecular weight is 179 g/mol. The predicted molar refractivity (Wildman–Crippen MR) is 56.4 cm³/mol. The van der Waals surface area contributed by atoms with Crippen LogP contribution in [0.4, 0.5) is 0 Å². The minimum absolute atomic E-state index is 0.643. The number of rotatable bonds is 3. The molecule has 0 N–H and O–H groups in total. The fourth-order valence-corrected chi connectivity index (χ4v) is 1.63. The van der Waals surface area contributed by atoms with Crippen molar-refractivity contribution in [1.29, 1.82) is 0 Å². The van der Waals surface area contributed by atoms with Crippen LogP contribution in [0.3, 0.4) is 0 Å². The Morgan fingerprint density at radius 1 is 1.33 bits per heavy atom. The molecule has 1 aromatic carbocycles. The van der Waals surface area contributed by atoms with Gasteiger partial charge in [0.05, 0.1) is 0 Å². The topological polar surface area (TPSA) is 0 Å². The van der Waals surface area contributed by atoms with Crippen LogP contribution in [0.2, 0.25) is 0 Å². The second-order valence-corrected chi connectivity index (χ2v) is 3.44. The highest BCUT2D eigenvalue weighted by molar-refractivity contribution is 7.79. The number of hydrogen-bond donors (Lipinski definition) is 0. The molecule has 0 aliphatic rings. The van der Waals surface area contributed by atoms with Gasteiger partial charge in [-0.1, -0.05) is 50.7 Å². The molecule has 0 spiro atoms. The SMILES string of the molecule is CCC(C)c1ccccc1C[S]. The lowest BCUT2D eigenvalue weighted by Crippen LogP contribution is -1.95. The predicted octanol–water partition coefficient (Wildman–Crippen LogP) is 3.90. The van der Waals surface area contributed by atoms with E-state index in [0.717, 1.165) is 5.75 Å². The molecule has 0 nitrogen and oxygen atoms in total. The summed E-state index contributed by atoms with van der Waals surface area (Å²) in [6, 6.07) is 8.48. The maximum atomic E-state index is 5.07. The van der Waals surface area contributed by atoms with Crippen LogP contribution < -0.4 is 0 Å². The van der Waals surface area contributed by atoms with Crippen LogP contribution in [0.5, 0.6) is 0 Å². The molecular weight excluding hydrogens is 164 g/mol. The minimum atomic E-state index is 0.643. The Hall–Kier alpha value is -0.430. The van der Waals surface area contributed by atoms with E-state index < -0.39 is 0 Å². The summed E-state index contributed by atoms with van der Waals surface area (Å²) in [5.74, 6) is 1.38. The van der Waals surface area contributed by atoms with Crippen molar-refractivity contribution in [3.05, 3.63) is 35.4 Å². The van der Waals surface area contributed by atoms with E-state index in [2.05, 4.69) is 38.1 Å². The number of benzene rings is 1. The summed E-state index contributed by atoms with van der Waals surface area (Å²) < 4.78 is 0. The van der Waals surface area contributed by atoms with Crippen LogP contribution in [-0.2, 0) is 5.75 Å². The van der Waals surface area contributed by atoms with Gasteiger partial charge in [-0.3, -0.25) is 0 Å². The van der Waals surface area contributed by atoms with E-state index in [1.54, 1.807) is 0 Å². The zero-order chi connectivity index (χ0) is 8.97. The van der Waals surface area contributed by atoms with Gasteiger partial charge in [0.15, 0.2) is 0 Å². The highest BCUT2D eigenvalue weighted by atomic mass is 32.1. The van der Waals surface area contributed by atoms with Crippen molar-refractivity contribution in [2.45, 2.75) is 31.9 Å². The molecule has 0 aliphatic heterocycles. The first-order chi connectivity index (χ1) is 5.79. The normalized spacial score (nSPS) is 12.9. The molecule has 1 unspecified atom stereocenters. The Morgan fingerprint density at radius 3 is 2.58 bits per heavy atom. The van der Waals surface area contributed by atoms with Gasteiger partial charge in [-0.25, -0.2) is 0 Å². The summed E-state index contributed by atoms with van der Waals surface area (Å²) in [5, 5.41) is 0. The molecule has 1 atom stereocenters. The lowest BCUT2D eigenvalue weighted by molar-refractivity contribution is 0.727. The van der Waals surface area contributed by atoms with Crippen LogP contribution in [-0.4, -0.2) is 0 Å². The third-order valence-corrected chi connectivity index (χ3v) is 2.66. The molecule has 1 radical (unpaired) electrons. The lowest BCUT2D eigenvalue weighted by atomic mass is 9.94. The van der Waals surface area contributed by atoms with E-state index in [4.69, 9.17) is 12.6 Å². The summed E-state index contributed by atoms with van der Waals surface area (Å²) >= 11 is 5.07. The van der Waals surface area contributed by atoms with Crippen LogP contribution in [0.15, 0.2) is 24.3 Å². The Bertz CT molecular complexity index is 243. The third-order valence-electron chi connectivity index (χ3n) is 2.35. The summed E-state index contributed by atoms with van der Waals surface area (Å²) in [6.45, 7) is 4.47. The van der Waals surface area contributed by atoms with Gasteiger partial charge in [-0.15, -0.1) is 0 Å². The molecule has 1 aromatic rings. The highest BCUT2D eigenvalue weighted by Crippen LogP contribution is 2.23. The quantitative estimate of drug-likeness (QED) is 0.660. The van der Waals surface area contributed by atoms with Gasteiger partial charge in [0.25, 0.3) is 0 Å². The molecule has 1 heteroatoms. The molecule has 12 heavy (non-hydrogen) atoms. The largest absolute Gasteiger partial charge is 0.0890 e. The van der Waals surface area contributed by atoms with E-state index in [1.807, 2.05) is 0 Å². The first-order valence-corrected chi connectivity index (χ1v) is 5.03. The summed E-state index contributed by atoms with van der Waals surface area (Å²) in [5.41, 5.74) is 2.75. The van der Waals surface area contributed by atoms with Crippen molar-refractivity contribution in [3.8, 4) is 0 Å². The summed E-state index contributed by atoms with van der Waals surface area (Å²) in [6.07, 6.45) is 1.19. The van der Waals surface area contributed by atoms with Crippen molar-refractivity contribution in [1.82, 2.24) is 0 Å². The van der Waals surface area contributed by atoms with Gasteiger partial charge in [0.2, 0.25) is 0 Å². The van der Waals surface area contributed by atoms with Crippen molar-refractivity contribution >= 4 is 12.6 Å². The van der Waals surface area contributed by atoms with E-state index in [9.17, 15) is 0 Å². The molecule has 0 aromatic heterocycles. The lowest BCUT2D eigenvalue weighted by Gasteiger charge is -2.12. The molecule has 0 aliphatic carbocycles. The molecule has 1 rings (SSSR count). The zero-order valence-electron chi connectivity index (χ0n) is 7.71. The first-order valence-electron chi connectivity index (χ1n) is 4.45. The standard InChI is InChI=1S/C11H15S/c1-3-9(2)11-7-5-4-6-10(11)8-12/h4-7,9H,3,8H2,1-2H3. The van der Waals surface area contributed by atoms with E-state index >= 15 is 0 Å². The van der Waals surface area contributed by atoms with Crippen molar-refractivity contribution in [3.63, 3.8) is 0 Å². The molecule has 0 fully saturated rings. The van der Waals surface area contributed by atoms with E-state index in [-0.39, 0.29) is 0 Å². The van der Waals surface area contributed by atoms with Crippen LogP contribution in [0.1, 0.15) is 37.3 Å². The fourth-order valence-electron chi connectivity index (χ4n) is 1.37. The monoisotopic (exact) mass is 179 g/mol. The van der Waals surface area contributed by atoms with Crippen LogP contribution in [0.25, 0.3) is 0 Å². The Morgan fingerprint density at radius 2 is 2.00 bits per heavy atom. The first kappa shape index (κ1) is 9.66. The molecule has 65 valence electrons. The fraction of sp³-hybridized carbons (Fsp3) is 0.455. The maximum absolute atomic E-state index is 5.07.